The molecule has 0 radical (unpaired) electrons. The number of carbonyl (C=O) groups excluding carboxylic acids is 1. The van der Waals surface area contributed by atoms with Crippen LogP contribution in [0.4, 0.5) is 4.79 Å². The lowest BCUT2D eigenvalue weighted by atomic mass is 10.1. The second-order valence-corrected chi connectivity index (χ2v) is 13.6. The van der Waals surface area contributed by atoms with Crippen molar-refractivity contribution in [1.82, 2.24) is 14.1 Å². The maximum Gasteiger partial charge on any atom is 0.409 e. The standard InChI is InChI=1S/C28H30ClN3O6S2/c1-30-13-15-31(16-14-30)27(35)38-18-17-32(28(26(33)34)19-23(28)20-5-3-2-4-6-20)40(36,37)25-12-11-24(39-25)21-7-9-22(29)10-8-21/h2-12,23H,13-19H2,1H3,(H,33,34)/t23-,28+/m0/s1. The predicted octanol–water partition coefficient (Wildman–Crippen LogP) is 4.45. The van der Waals surface area contributed by atoms with E-state index in [9.17, 15) is 23.1 Å². The van der Waals surface area contributed by atoms with Gasteiger partial charge in [-0.05, 0) is 48.9 Å². The fourth-order valence-corrected chi connectivity index (χ4v) is 8.43. The molecule has 0 unspecified atom stereocenters. The summed E-state index contributed by atoms with van der Waals surface area (Å²) in [7, 11) is -2.30. The number of rotatable bonds is 9. The molecule has 1 aromatic heterocycles. The van der Waals surface area contributed by atoms with Crippen molar-refractivity contribution in [1.29, 1.82) is 0 Å². The number of benzene rings is 2. The summed E-state index contributed by atoms with van der Waals surface area (Å²) in [4.78, 5) is 29.8. The maximum absolute atomic E-state index is 14.1. The molecule has 2 fully saturated rings. The second-order valence-electron chi connectivity index (χ2n) is 10.0. The molecule has 2 aliphatic rings. The highest BCUT2D eigenvalue weighted by Gasteiger charge is 2.68. The quantitative estimate of drug-likeness (QED) is 0.385. The molecule has 2 heterocycles. The summed E-state index contributed by atoms with van der Waals surface area (Å²) in [6, 6.07) is 19.3. The minimum absolute atomic E-state index is 0.0159. The van der Waals surface area contributed by atoms with Crippen molar-refractivity contribution in [2.45, 2.75) is 22.1 Å². The number of nitrogens with zero attached hydrogens (tertiary/aromatic N) is 3. The Balaban J connectivity index is 1.43. The lowest BCUT2D eigenvalue weighted by Crippen LogP contribution is -2.50. The van der Waals surface area contributed by atoms with Gasteiger partial charge in [-0.15, -0.1) is 11.3 Å². The van der Waals surface area contributed by atoms with Crippen molar-refractivity contribution in [3.8, 4) is 10.4 Å². The molecule has 0 spiro atoms. The Morgan fingerprint density at radius 3 is 2.38 bits per heavy atom. The van der Waals surface area contributed by atoms with E-state index < -0.39 is 33.5 Å². The smallest absolute Gasteiger partial charge is 0.409 e. The molecule has 1 saturated carbocycles. The fourth-order valence-electron chi connectivity index (χ4n) is 5.12. The molecule has 40 heavy (non-hydrogen) atoms. The van der Waals surface area contributed by atoms with Gasteiger partial charge in [0.25, 0.3) is 10.0 Å². The van der Waals surface area contributed by atoms with Crippen molar-refractivity contribution in [2.75, 3.05) is 46.4 Å². The van der Waals surface area contributed by atoms with Gasteiger partial charge in [0.1, 0.15) is 16.4 Å². The molecule has 9 nitrogen and oxygen atoms in total. The molecule has 2 atom stereocenters. The summed E-state index contributed by atoms with van der Waals surface area (Å²) < 4.78 is 34.7. The summed E-state index contributed by atoms with van der Waals surface area (Å²) >= 11 is 7.06. The van der Waals surface area contributed by atoms with Gasteiger partial charge in [-0.2, -0.15) is 4.31 Å². The minimum atomic E-state index is -4.27. The number of ether oxygens (including phenoxy) is 1. The Labute approximate surface area is 242 Å². The molecular weight excluding hydrogens is 574 g/mol. The molecule has 2 aromatic carbocycles. The lowest BCUT2D eigenvalue weighted by molar-refractivity contribution is -0.143. The number of sulfonamides is 1. The van der Waals surface area contributed by atoms with E-state index in [1.165, 1.54) is 6.07 Å². The Bertz CT molecular complexity index is 1470. The zero-order valence-electron chi connectivity index (χ0n) is 21.9. The Hall–Kier alpha value is -2.96. The van der Waals surface area contributed by atoms with Crippen LogP contribution in [0.2, 0.25) is 5.02 Å². The third-order valence-corrected chi connectivity index (χ3v) is 11.3. The number of thiophene rings is 1. The zero-order valence-corrected chi connectivity index (χ0v) is 24.3. The number of carboxylic acid groups (broad SMARTS) is 1. The van der Waals surface area contributed by atoms with Crippen molar-refractivity contribution in [3.05, 3.63) is 77.3 Å². The Morgan fingerprint density at radius 2 is 1.73 bits per heavy atom. The van der Waals surface area contributed by atoms with E-state index in [0.717, 1.165) is 26.8 Å². The highest BCUT2D eigenvalue weighted by atomic mass is 35.5. The average molecular weight is 604 g/mol. The third-order valence-electron chi connectivity index (χ3n) is 7.48. The summed E-state index contributed by atoms with van der Waals surface area (Å²) in [5.74, 6) is -1.77. The van der Waals surface area contributed by atoms with E-state index in [1.807, 2.05) is 13.1 Å². The monoisotopic (exact) mass is 603 g/mol. The van der Waals surface area contributed by atoms with E-state index in [2.05, 4.69) is 4.90 Å². The number of amides is 1. The summed E-state index contributed by atoms with van der Waals surface area (Å²) in [6.45, 7) is 1.89. The molecule has 1 N–H and O–H groups in total. The van der Waals surface area contributed by atoms with Gasteiger partial charge >= 0.3 is 12.1 Å². The highest BCUT2D eigenvalue weighted by molar-refractivity contribution is 7.91. The van der Waals surface area contributed by atoms with E-state index in [1.54, 1.807) is 59.5 Å². The van der Waals surface area contributed by atoms with Crippen LogP contribution in [0, 0.1) is 0 Å². The van der Waals surface area contributed by atoms with E-state index >= 15 is 0 Å². The van der Waals surface area contributed by atoms with Gasteiger partial charge < -0.3 is 19.6 Å². The number of carbonyl (C=O) groups is 2. The van der Waals surface area contributed by atoms with E-state index in [-0.39, 0.29) is 23.8 Å². The minimum Gasteiger partial charge on any atom is -0.480 e. The number of halogens is 1. The molecule has 1 amide bonds. The first-order valence-corrected chi connectivity index (χ1v) is 15.5. The molecule has 3 aromatic rings. The molecule has 12 heteroatoms. The molecule has 212 valence electrons. The Kier molecular flexibility index (Phi) is 8.21. The van der Waals surface area contributed by atoms with Crippen molar-refractivity contribution in [2.24, 2.45) is 0 Å². The van der Waals surface area contributed by atoms with E-state index in [0.29, 0.717) is 36.1 Å². The first kappa shape index (κ1) is 28.6. The molecular formula is C28H30ClN3O6S2. The maximum atomic E-state index is 14.1. The van der Waals surface area contributed by atoms with Crippen molar-refractivity contribution < 1.29 is 27.9 Å². The largest absolute Gasteiger partial charge is 0.480 e. The molecule has 1 saturated heterocycles. The topological polar surface area (TPSA) is 107 Å². The highest BCUT2D eigenvalue weighted by Crippen LogP contribution is 2.57. The molecule has 5 rings (SSSR count). The van der Waals surface area contributed by atoms with Gasteiger partial charge in [0, 0.05) is 48.5 Å². The van der Waals surface area contributed by atoms with Crippen LogP contribution in [-0.4, -0.2) is 91.6 Å². The zero-order chi connectivity index (χ0) is 28.5. The van der Waals surface area contributed by atoms with Crippen LogP contribution in [0.5, 0.6) is 0 Å². The number of piperazine rings is 1. The lowest BCUT2D eigenvalue weighted by Gasteiger charge is -2.32. The summed E-state index contributed by atoms with van der Waals surface area (Å²) in [5.41, 5.74) is -0.150. The van der Waals surface area contributed by atoms with Crippen molar-refractivity contribution >= 4 is 45.0 Å². The normalized spacial score (nSPS) is 21.4. The first-order valence-electron chi connectivity index (χ1n) is 12.9. The van der Waals surface area contributed by atoms with Gasteiger partial charge in [0.15, 0.2) is 0 Å². The van der Waals surface area contributed by atoms with Crippen LogP contribution in [-0.2, 0) is 19.6 Å². The summed E-state index contributed by atoms with van der Waals surface area (Å²) in [6.07, 6.45) is -0.417. The van der Waals surface area contributed by atoms with Gasteiger partial charge in [-0.3, -0.25) is 4.79 Å². The number of likely N-dealkylation sites (N-methyl/N-ethyl adjacent to an activating group) is 1. The van der Waals surface area contributed by atoms with Crippen LogP contribution in [0.3, 0.4) is 0 Å². The van der Waals surface area contributed by atoms with Gasteiger partial charge in [0.05, 0.1) is 0 Å². The van der Waals surface area contributed by atoms with Gasteiger partial charge in [-0.1, -0.05) is 54.1 Å². The fraction of sp³-hybridized carbons (Fsp3) is 0.357. The number of aliphatic carboxylic acids is 1. The third kappa shape index (κ3) is 5.61. The number of carboxylic acids is 1. The molecule has 0 bridgehead atoms. The Morgan fingerprint density at radius 1 is 1.05 bits per heavy atom. The van der Waals surface area contributed by atoms with Crippen LogP contribution in [0.15, 0.2) is 70.9 Å². The van der Waals surface area contributed by atoms with Crippen LogP contribution in [0.1, 0.15) is 17.9 Å². The first-order chi connectivity index (χ1) is 19.1. The SMILES string of the molecule is CN1CCN(C(=O)OCCN([C@]2(C(=O)O)C[C@H]2c2ccccc2)S(=O)(=O)c2ccc(-c3ccc(Cl)cc3)s2)CC1. The number of hydrogen-bond donors (Lipinski definition) is 1. The average Bonchev–Trinajstić information content (AvgIpc) is 3.49. The van der Waals surface area contributed by atoms with Crippen LogP contribution >= 0.6 is 22.9 Å². The molecule has 1 aliphatic heterocycles. The van der Waals surface area contributed by atoms with Crippen LogP contribution < -0.4 is 0 Å². The van der Waals surface area contributed by atoms with E-state index in [4.69, 9.17) is 16.3 Å². The van der Waals surface area contributed by atoms with Gasteiger partial charge in [0.2, 0.25) is 0 Å². The summed E-state index contributed by atoms with van der Waals surface area (Å²) in [5, 5.41) is 11.0. The van der Waals surface area contributed by atoms with Crippen molar-refractivity contribution in [3.63, 3.8) is 0 Å². The predicted molar refractivity (Wildman–Crippen MR) is 153 cm³/mol. The van der Waals surface area contributed by atoms with Crippen LogP contribution in [0.25, 0.3) is 10.4 Å². The second kappa shape index (κ2) is 11.5. The number of hydrogen-bond acceptors (Lipinski definition) is 7. The van der Waals surface area contributed by atoms with Gasteiger partial charge in [-0.25, -0.2) is 13.2 Å². The molecule has 1 aliphatic carbocycles.